The lowest BCUT2D eigenvalue weighted by molar-refractivity contribution is -0.172. The number of amides is 1. The van der Waals surface area contributed by atoms with Gasteiger partial charge < -0.3 is 9.26 Å². The third kappa shape index (κ3) is 3.64. The van der Waals surface area contributed by atoms with E-state index in [1.165, 1.54) is 17.2 Å². The maximum absolute atomic E-state index is 13.3. The van der Waals surface area contributed by atoms with Gasteiger partial charge in [-0.15, -0.1) is 0 Å². The molecule has 0 N–H and O–H groups in total. The molecule has 1 aliphatic rings. The number of nitrogens with zero attached hydrogens (tertiary/aromatic N) is 4. The molecular weight excluding hydrogens is 401 g/mol. The van der Waals surface area contributed by atoms with Crippen molar-refractivity contribution >= 4 is 11.7 Å². The van der Waals surface area contributed by atoms with E-state index in [9.17, 15) is 18.0 Å². The number of hydrogen-bond donors (Lipinski definition) is 0. The van der Waals surface area contributed by atoms with Crippen molar-refractivity contribution in [1.82, 2.24) is 14.9 Å². The second kappa shape index (κ2) is 7.51. The summed E-state index contributed by atoms with van der Waals surface area (Å²) in [6.45, 7) is 3.53. The number of benzene rings is 1. The monoisotopic (exact) mass is 420 g/mol. The number of carbonyl (C=O) groups is 1. The molecule has 0 radical (unpaired) electrons. The molecule has 0 saturated heterocycles. The Kier molecular flexibility index (Phi) is 5.00. The molecule has 1 aromatic carbocycles. The van der Waals surface area contributed by atoms with Gasteiger partial charge >= 0.3 is 6.18 Å². The topological polar surface area (TPSA) is 73.4 Å². The van der Waals surface area contributed by atoms with Crippen molar-refractivity contribution in [2.75, 3.05) is 11.4 Å². The third-order valence-corrected chi connectivity index (χ3v) is 5.06. The average Bonchev–Trinajstić information content (AvgIpc) is 3.32. The van der Waals surface area contributed by atoms with Gasteiger partial charge in [-0.1, -0.05) is 22.9 Å². The lowest BCUT2D eigenvalue weighted by Gasteiger charge is -2.33. The van der Waals surface area contributed by atoms with Gasteiger partial charge in [0.1, 0.15) is 23.9 Å². The van der Waals surface area contributed by atoms with Crippen molar-refractivity contribution in [3.63, 3.8) is 0 Å². The molecule has 158 valence electrons. The van der Waals surface area contributed by atoms with Crippen LogP contribution in [0.4, 0.5) is 19.0 Å². The van der Waals surface area contributed by atoms with Crippen LogP contribution < -0.4 is 9.64 Å². The zero-order valence-corrected chi connectivity index (χ0v) is 16.3. The summed E-state index contributed by atoms with van der Waals surface area (Å²) < 4.78 is 51.6. The van der Waals surface area contributed by atoms with Crippen molar-refractivity contribution in [2.45, 2.75) is 39.1 Å². The van der Waals surface area contributed by atoms with E-state index < -0.39 is 18.1 Å². The molecule has 1 atom stereocenters. The number of aryl methyl sites for hydroxylation is 2. The molecule has 0 aliphatic carbocycles. The Morgan fingerprint density at radius 3 is 2.67 bits per heavy atom. The fourth-order valence-electron chi connectivity index (χ4n) is 3.40. The Morgan fingerprint density at radius 1 is 1.23 bits per heavy atom. The average molecular weight is 420 g/mol. The minimum absolute atomic E-state index is 0.0119. The molecule has 1 aliphatic heterocycles. The number of aromatic nitrogens is 3. The van der Waals surface area contributed by atoms with Crippen LogP contribution >= 0.6 is 0 Å². The first-order valence-electron chi connectivity index (χ1n) is 9.32. The number of fused-ring (bicyclic) bond motifs is 1. The third-order valence-electron chi connectivity index (χ3n) is 5.06. The fraction of sp³-hybridized carbons (Fsp3) is 0.350. The predicted molar refractivity (Wildman–Crippen MR) is 100 cm³/mol. The van der Waals surface area contributed by atoms with Crippen LogP contribution in [0, 0.1) is 13.8 Å². The Hall–Kier alpha value is -3.30. The number of halogens is 3. The maximum Gasteiger partial charge on any atom is 0.410 e. The van der Waals surface area contributed by atoms with Crippen LogP contribution in [-0.4, -0.2) is 33.6 Å². The van der Waals surface area contributed by atoms with Gasteiger partial charge in [0.25, 0.3) is 5.91 Å². The summed E-state index contributed by atoms with van der Waals surface area (Å²) in [4.78, 5) is 14.4. The zero-order chi connectivity index (χ0) is 21.5. The molecule has 0 fully saturated rings. The molecule has 7 nitrogen and oxygen atoms in total. The van der Waals surface area contributed by atoms with Crippen molar-refractivity contribution in [3.8, 4) is 5.75 Å². The van der Waals surface area contributed by atoms with Crippen molar-refractivity contribution < 1.29 is 27.2 Å². The second-order valence-electron chi connectivity index (χ2n) is 7.10. The Balaban J connectivity index is 1.58. The molecule has 3 heterocycles. The zero-order valence-electron chi connectivity index (χ0n) is 16.3. The van der Waals surface area contributed by atoms with Gasteiger partial charge in [-0.25, -0.2) is 4.68 Å². The first kappa shape index (κ1) is 20.0. The number of alkyl halides is 3. The molecule has 3 aromatic rings. The molecular formula is C20H19F3N4O3. The highest BCUT2D eigenvalue weighted by molar-refractivity contribution is 6.05. The lowest BCUT2D eigenvalue weighted by Crippen LogP contribution is -2.43. The van der Waals surface area contributed by atoms with Crippen LogP contribution in [0.5, 0.6) is 5.75 Å². The molecule has 1 unspecified atom stereocenters. The van der Waals surface area contributed by atoms with Gasteiger partial charge in [0, 0.05) is 12.6 Å². The number of ether oxygens (including phenoxy) is 1. The smallest absolute Gasteiger partial charge is 0.410 e. The standard InChI is InChI=1S/C20H19F3N4O3/c1-12-3-5-14(6-4-12)29-11-15-13(2)30-25-18(15)19(28)26-10-8-16(20(21,22)23)27-17(26)7-9-24-27/h3-7,9,16H,8,10-11H2,1-2H3. The molecule has 0 saturated carbocycles. The minimum atomic E-state index is -4.45. The van der Waals surface area contributed by atoms with E-state index in [1.807, 2.05) is 19.1 Å². The summed E-state index contributed by atoms with van der Waals surface area (Å²) in [6, 6.07) is 7.02. The highest BCUT2D eigenvalue weighted by atomic mass is 19.4. The van der Waals surface area contributed by atoms with Gasteiger partial charge in [0.15, 0.2) is 11.7 Å². The molecule has 2 aromatic heterocycles. The molecule has 0 spiro atoms. The molecule has 0 bridgehead atoms. The second-order valence-corrected chi connectivity index (χ2v) is 7.10. The van der Waals surface area contributed by atoms with Crippen LogP contribution in [0.3, 0.4) is 0 Å². The SMILES string of the molecule is Cc1ccc(OCc2c(C(=O)N3CCC(C(F)(F)F)n4nccc43)noc2C)cc1. The minimum Gasteiger partial charge on any atom is -0.489 e. The van der Waals surface area contributed by atoms with Gasteiger partial charge in [-0.05, 0) is 32.4 Å². The fourth-order valence-corrected chi connectivity index (χ4v) is 3.40. The van der Waals surface area contributed by atoms with Crippen molar-refractivity contribution in [3.05, 3.63) is 59.1 Å². The van der Waals surface area contributed by atoms with Crippen LogP contribution in [0.15, 0.2) is 41.1 Å². The molecule has 10 heteroatoms. The van der Waals surface area contributed by atoms with Crippen LogP contribution in [0.1, 0.15) is 39.8 Å². The summed E-state index contributed by atoms with van der Waals surface area (Å²) in [6.07, 6.45) is -3.50. The number of anilines is 1. The van der Waals surface area contributed by atoms with Crippen LogP contribution in [-0.2, 0) is 6.61 Å². The Labute approximate surface area is 170 Å². The van der Waals surface area contributed by atoms with E-state index in [0.29, 0.717) is 17.1 Å². The maximum atomic E-state index is 13.3. The summed E-state index contributed by atoms with van der Waals surface area (Å²) >= 11 is 0. The summed E-state index contributed by atoms with van der Waals surface area (Å²) in [7, 11) is 0. The summed E-state index contributed by atoms with van der Waals surface area (Å²) in [5.74, 6) is 0.532. The number of rotatable bonds is 4. The number of carbonyl (C=O) groups excluding carboxylic acids is 1. The van der Waals surface area contributed by atoms with Crippen molar-refractivity contribution in [1.29, 1.82) is 0 Å². The largest absolute Gasteiger partial charge is 0.489 e. The van der Waals surface area contributed by atoms with Crippen molar-refractivity contribution in [2.24, 2.45) is 0 Å². The highest BCUT2D eigenvalue weighted by Crippen LogP contribution is 2.39. The lowest BCUT2D eigenvalue weighted by atomic mass is 10.1. The van der Waals surface area contributed by atoms with Gasteiger partial charge in [-0.2, -0.15) is 18.3 Å². The van der Waals surface area contributed by atoms with Crippen LogP contribution in [0.2, 0.25) is 0 Å². The highest BCUT2D eigenvalue weighted by Gasteiger charge is 2.46. The Bertz CT molecular complexity index is 1060. The molecule has 4 rings (SSSR count). The van der Waals surface area contributed by atoms with E-state index >= 15 is 0 Å². The van der Waals surface area contributed by atoms with E-state index in [4.69, 9.17) is 9.26 Å². The van der Waals surface area contributed by atoms with E-state index in [1.54, 1.807) is 19.1 Å². The first-order valence-corrected chi connectivity index (χ1v) is 9.32. The molecule has 30 heavy (non-hydrogen) atoms. The normalized spacial score (nSPS) is 16.4. The van der Waals surface area contributed by atoms with E-state index in [-0.39, 0.29) is 31.1 Å². The first-order chi connectivity index (χ1) is 14.3. The van der Waals surface area contributed by atoms with Crippen LogP contribution in [0.25, 0.3) is 0 Å². The van der Waals surface area contributed by atoms with Gasteiger partial charge in [0.2, 0.25) is 0 Å². The predicted octanol–water partition coefficient (Wildman–Crippen LogP) is 4.22. The number of hydrogen-bond acceptors (Lipinski definition) is 5. The summed E-state index contributed by atoms with van der Waals surface area (Å²) in [5, 5.41) is 7.62. The van der Waals surface area contributed by atoms with Gasteiger partial charge in [0.05, 0.1) is 11.8 Å². The Morgan fingerprint density at radius 2 is 1.97 bits per heavy atom. The molecule has 1 amide bonds. The van der Waals surface area contributed by atoms with E-state index in [2.05, 4.69) is 10.3 Å². The summed E-state index contributed by atoms with van der Waals surface area (Å²) in [5.41, 5.74) is 1.54. The van der Waals surface area contributed by atoms with E-state index in [0.717, 1.165) is 10.2 Å². The van der Waals surface area contributed by atoms with Gasteiger partial charge in [-0.3, -0.25) is 9.69 Å². The quantitative estimate of drug-likeness (QED) is 0.632.